The van der Waals surface area contributed by atoms with E-state index in [1.54, 1.807) is 37.3 Å². The molecule has 1 heterocycles. The summed E-state index contributed by atoms with van der Waals surface area (Å²) in [4.78, 5) is 29.9. The Hall–Kier alpha value is -3.81. The van der Waals surface area contributed by atoms with E-state index in [1.807, 2.05) is 55.5 Å². The van der Waals surface area contributed by atoms with Crippen LogP contribution in [0.2, 0.25) is 5.02 Å². The van der Waals surface area contributed by atoms with Crippen LogP contribution >= 0.6 is 23.4 Å². The van der Waals surface area contributed by atoms with Gasteiger partial charge in [0, 0.05) is 5.56 Å². The molecule has 0 aromatic heterocycles. The van der Waals surface area contributed by atoms with Crippen molar-refractivity contribution >= 4 is 46.4 Å². The number of aliphatic hydroxyl groups excluding tert-OH is 1. The number of para-hydroxylation sites is 1. The van der Waals surface area contributed by atoms with Crippen LogP contribution in [-0.2, 0) is 16.1 Å². The zero-order chi connectivity index (χ0) is 26.4. The van der Waals surface area contributed by atoms with Crippen molar-refractivity contribution in [3.05, 3.63) is 116 Å². The molecule has 3 aromatic rings. The summed E-state index contributed by atoms with van der Waals surface area (Å²) in [7, 11) is 0. The minimum Gasteiger partial charge on any atom is -0.506 e. The topological polar surface area (TPSA) is 85.2 Å². The smallest absolute Gasteiger partial charge is 0.344 e. The molecule has 0 radical (unpaired) electrons. The molecule has 0 saturated carbocycles. The second-order valence-electron chi connectivity index (χ2n) is 8.07. The van der Waals surface area contributed by atoms with Crippen molar-refractivity contribution < 1.29 is 24.2 Å². The quantitative estimate of drug-likeness (QED) is 0.331. The SMILES string of the molecule is CCOC(=O)C1=C(O)/C(=C/c2ccccc2OCc2ccc(C)cc2)SC1=NC(=O)c1ccccc1Cl. The third-order valence-corrected chi connectivity index (χ3v) is 6.75. The van der Waals surface area contributed by atoms with Crippen LogP contribution in [0.5, 0.6) is 5.75 Å². The molecule has 1 aliphatic heterocycles. The number of benzene rings is 3. The van der Waals surface area contributed by atoms with Crippen molar-refractivity contribution in [3.63, 3.8) is 0 Å². The first-order chi connectivity index (χ1) is 17.9. The average molecular weight is 534 g/mol. The first-order valence-corrected chi connectivity index (χ1v) is 12.7. The first kappa shape index (κ1) is 26.3. The number of hydrogen-bond acceptors (Lipinski definition) is 6. The third kappa shape index (κ3) is 6.31. The van der Waals surface area contributed by atoms with E-state index in [1.165, 1.54) is 0 Å². The molecule has 188 valence electrons. The van der Waals surface area contributed by atoms with E-state index < -0.39 is 11.9 Å². The number of halogens is 1. The maximum atomic E-state index is 12.8. The van der Waals surface area contributed by atoms with Crippen LogP contribution in [0.1, 0.15) is 34.0 Å². The fourth-order valence-corrected chi connectivity index (χ4v) is 4.72. The van der Waals surface area contributed by atoms with Gasteiger partial charge in [0.15, 0.2) is 0 Å². The Morgan fingerprint density at radius 2 is 1.73 bits per heavy atom. The summed E-state index contributed by atoms with van der Waals surface area (Å²) in [5.41, 5.74) is 2.88. The Balaban J connectivity index is 1.66. The zero-order valence-electron chi connectivity index (χ0n) is 20.2. The number of aryl methyl sites for hydroxylation is 1. The maximum absolute atomic E-state index is 12.8. The number of amides is 1. The molecule has 1 N–H and O–H groups in total. The Morgan fingerprint density at radius 3 is 2.46 bits per heavy atom. The van der Waals surface area contributed by atoms with Gasteiger partial charge in [-0.2, -0.15) is 0 Å². The number of ether oxygens (including phenoxy) is 2. The molecule has 0 saturated heterocycles. The van der Waals surface area contributed by atoms with Gasteiger partial charge in [0.05, 0.1) is 22.1 Å². The van der Waals surface area contributed by atoms with Gasteiger partial charge in [0.1, 0.15) is 28.7 Å². The third-order valence-electron chi connectivity index (χ3n) is 5.40. The fraction of sp³-hybridized carbons (Fsp3) is 0.138. The Bertz CT molecular complexity index is 1430. The standard InChI is InChI=1S/C29H24ClNO5S/c1-3-35-29(34)25-26(32)24(37-28(25)31-27(33)21-9-5-6-10-22(21)30)16-20-8-4-7-11-23(20)36-17-19-14-12-18(2)13-15-19/h4-16,32H,3,17H2,1-2H3/b24-16-,31-28?. The number of hydrogen-bond donors (Lipinski definition) is 1. The summed E-state index contributed by atoms with van der Waals surface area (Å²) in [6.45, 7) is 4.14. The molecule has 0 spiro atoms. The molecule has 6 nitrogen and oxygen atoms in total. The minimum absolute atomic E-state index is 0.0326. The number of carbonyl (C=O) groups is 2. The molecular formula is C29H24ClNO5S. The summed E-state index contributed by atoms with van der Waals surface area (Å²) in [6.07, 6.45) is 1.69. The summed E-state index contributed by atoms with van der Waals surface area (Å²) < 4.78 is 11.2. The van der Waals surface area contributed by atoms with Crippen molar-refractivity contribution in [3.8, 4) is 5.75 Å². The number of esters is 1. The van der Waals surface area contributed by atoms with Crippen molar-refractivity contribution in [1.29, 1.82) is 0 Å². The molecule has 4 rings (SSSR count). The predicted octanol–water partition coefficient (Wildman–Crippen LogP) is 6.93. The number of aliphatic imine (C=N–C) groups is 1. The first-order valence-electron chi connectivity index (χ1n) is 11.5. The van der Waals surface area contributed by atoms with Gasteiger partial charge in [-0.1, -0.05) is 83.5 Å². The van der Waals surface area contributed by atoms with Crippen molar-refractivity contribution in [1.82, 2.24) is 0 Å². The highest BCUT2D eigenvalue weighted by Gasteiger charge is 2.34. The van der Waals surface area contributed by atoms with E-state index in [2.05, 4.69) is 4.99 Å². The minimum atomic E-state index is -0.773. The lowest BCUT2D eigenvalue weighted by molar-refractivity contribution is -0.138. The van der Waals surface area contributed by atoms with Gasteiger partial charge in [-0.3, -0.25) is 4.79 Å². The summed E-state index contributed by atoms with van der Waals surface area (Å²) in [6, 6.07) is 21.9. The molecular weight excluding hydrogens is 510 g/mol. The largest absolute Gasteiger partial charge is 0.506 e. The summed E-state index contributed by atoms with van der Waals surface area (Å²) >= 11 is 7.14. The Morgan fingerprint density at radius 1 is 1.03 bits per heavy atom. The van der Waals surface area contributed by atoms with E-state index >= 15 is 0 Å². The fourth-order valence-electron chi connectivity index (χ4n) is 3.50. The van der Waals surface area contributed by atoms with E-state index in [9.17, 15) is 14.7 Å². The van der Waals surface area contributed by atoms with Gasteiger partial charge in [-0.25, -0.2) is 9.79 Å². The number of thioether (sulfide) groups is 1. The van der Waals surface area contributed by atoms with E-state index in [4.69, 9.17) is 21.1 Å². The van der Waals surface area contributed by atoms with Gasteiger partial charge in [-0.05, 0) is 43.7 Å². The lowest BCUT2D eigenvalue weighted by Crippen LogP contribution is -2.14. The van der Waals surface area contributed by atoms with Crippen LogP contribution in [0.25, 0.3) is 6.08 Å². The molecule has 1 amide bonds. The van der Waals surface area contributed by atoms with E-state index in [-0.39, 0.29) is 33.6 Å². The van der Waals surface area contributed by atoms with Gasteiger partial charge in [-0.15, -0.1) is 0 Å². The number of carbonyl (C=O) groups excluding carboxylic acids is 2. The summed E-state index contributed by atoms with van der Waals surface area (Å²) in [5.74, 6) is -1.13. The molecule has 0 atom stereocenters. The molecule has 1 aliphatic rings. The van der Waals surface area contributed by atoms with E-state index in [0.29, 0.717) is 22.8 Å². The van der Waals surface area contributed by atoms with Crippen LogP contribution in [0.3, 0.4) is 0 Å². The molecule has 0 fully saturated rings. The molecule has 0 aliphatic carbocycles. The van der Waals surface area contributed by atoms with Gasteiger partial charge in [0.2, 0.25) is 0 Å². The highest BCUT2D eigenvalue weighted by atomic mass is 35.5. The Labute approximate surface area is 224 Å². The lowest BCUT2D eigenvalue weighted by Gasteiger charge is -2.10. The van der Waals surface area contributed by atoms with Crippen LogP contribution in [0.4, 0.5) is 0 Å². The molecule has 0 bridgehead atoms. The number of nitrogens with zero attached hydrogens (tertiary/aromatic N) is 1. The molecule has 8 heteroatoms. The van der Waals surface area contributed by atoms with Crippen LogP contribution in [-0.4, -0.2) is 28.6 Å². The zero-order valence-corrected chi connectivity index (χ0v) is 21.8. The highest BCUT2D eigenvalue weighted by Crippen LogP contribution is 2.40. The van der Waals surface area contributed by atoms with Crippen molar-refractivity contribution in [2.45, 2.75) is 20.5 Å². The van der Waals surface area contributed by atoms with Gasteiger partial charge < -0.3 is 14.6 Å². The monoisotopic (exact) mass is 533 g/mol. The van der Waals surface area contributed by atoms with Crippen molar-refractivity contribution in [2.24, 2.45) is 4.99 Å². The van der Waals surface area contributed by atoms with E-state index in [0.717, 1.165) is 22.9 Å². The molecule has 0 unspecified atom stereocenters. The highest BCUT2D eigenvalue weighted by molar-refractivity contribution is 8.18. The maximum Gasteiger partial charge on any atom is 0.344 e. The number of rotatable bonds is 7. The Kier molecular flexibility index (Phi) is 8.48. The second-order valence-corrected chi connectivity index (χ2v) is 9.51. The van der Waals surface area contributed by atoms with Crippen LogP contribution in [0, 0.1) is 6.92 Å². The normalized spacial score (nSPS) is 15.3. The van der Waals surface area contributed by atoms with Gasteiger partial charge in [0.25, 0.3) is 5.91 Å². The number of aliphatic hydroxyl groups is 1. The van der Waals surface area contributed by atoms with Crippen molar-refractivity contribution in [2.75, 3.05) is 6.61 Å². The van der Waals surface area contributed by atoms with Gasteiger partial charge >= 0.3 is 5.97 Å². The van der Waals surface area contributed by atoms with Crippen LogP contribution < -0.4 is 4.74 Å². The molecule has 37 heavy (non-hydrogen) atoms. The molecule has 3 aromatic carbocycles. The lowest BCUT2D eigenvalue weighted by atomic mass is 10.1. The predicted molar refractivity (Wildman–Crippen MR) is 147 cm³/mol. The second kappa shape index (κ2) is 12.0. The van der Waals surface area contributed by atoms with Crippen LogP contribution in [0.15, 0.2) is 94.0 Å². The average Bonchev–Trinajstić information content (AvgIpc) is 3.19. The summed E-state index contributed by atoms with van der Waals surface area (Å²) in [5, 5.41) is 11.2.